The minimum Gasteiger partial charge on any atom is -0.497 e. The average molecular weight is 530 g/mol. The van der Waals surface area contributed by atoms with E-state index in [1.165, 1.54) is 0 Å². The molecule has 0 saturated carbocycles. The number of hydrogen-bond acceptors (Lipinski definition) is 6. The molecule has 1 amide bonds. The van der Waals surface area contributed by atoms with E-state index in [2.05, 4.69) is 34.6 Å². The maximum absolute atomic E-state index is 13.0. The number of carbonyl (C=O) groups is 1. The van der Waals surface area contributed by atoms with Crippen LogP contribution in [0.5, 0.6) is 5.75 Å². The molecule has 202 valence electrons. The molecule has 10 heteroatoms. The van der Waals surface area contributed by atoms with Gasteiger partial charge in [-0.05, 0) is 68.9 Å². The third kappa shape index (κ3) is 7.61. The van der Waals surface area contributed by atoms with E-state index in [0.29, 0.717) is 19.7 Å². The lowest BCUT2D eigenvalue weighted by Gasteiger charge is -2.20. The number of carbonyl (C=O) groups excluding carboxylic acids is 1. The van der Waals surface area contributed by atoms with Gasteiger partial charge in [0.05, 0.1) is 36.0 Å². The van der Waals surface area contributed by atoms with Gasteiger partial charge < -0.3 is 23.8 Å². The van der Waals surface area contributed by atoms with Crippen molar-refractivity contribution < 1.29 is 18.5 Å². The number of methoxy groups -OCH3 is 1. The van der Waals surface area contributed by atoms with Gasteiger partial charge in [0, 0.05) is 40.3 Å². The highest BCUT2D eigenvalue weighted by molar-refractivity contribution is 7.82. The number of ether oxygens (including phenoxy) is 2. The van der Waals surface area contributed by atoms with Crippen LogP contribution in [0.1, 0.15) is 16.7 Å². The van der Waals surface area contributed by atoms with Gasteiger partial charge in [-0.3, -0.25) is 4.79 Å². The number of rotatable bonds is 13. The molecule has 37 heavy (non-hydrogen) atoms. The van der Waals surface area contributed by atoms with Crippen LogP contribution in [0.2, 0.25) is 0 Å². The number of aromatic nitrogens is 2. The second kappa shape index (κ2) is 13.1. The maximum atomic E-state index is 13.0. The third-order valence-electron chi connectivity index (χ3n) is 6.22. The molecule has 0 saturated heterocycles. The first-order chi connectivity index (χ1) is 17.6. The summed E-state index contributed by atoms with van der Waals surface area (Å²) >= 11 is 0. The second-order valence-corrected chi connectivity index (χ2v) is 11.1. The standard InChI is InChI=1S/C27H39N5O4S/c1-20-14-23(35-7)15-21(2)27(20)37(34)31(6)12-13-36-18-26(33)30(5)17-22-8-9-25-24(16-22)28-19-32(25)11-10-29(3)4/h8-9,14-16,19H,10-13,17-18H2,1-7H3. The molecule has 0 N–H and O–H groups in total. The normalized spacial score (nSPS) is 12.5. The van der Waals surface area contributed by atoms with Gasteiger partial charge in [0.25, 0.3) is 0 Å². The summed E-state index contributed by atoms with van der Waals surface area (Å²) in [5.74, 6) is 0.640. The van der Waals surface area contributed by atoms with Crippen LogP contribution in [0.4, 0.5) is 0 Å². The summed E-state index contributed by atoms with van der Waals surface area (Å²) in [6.45, 7) is 6.85. The van der Waals surface area contributed by atoms with E-state index in [-0.39, 0.29) is 12.5 Å². The predicted octanol–water partition coefficient (Wildman–Crippen LogP) is 2.85. The first kappa shape index (κ1) is 28.8. The first-order valence-corrected chi connectivity index (χ1v) is 13.4. The quantitative estimate of drug-likeness (QED) is 0.317. The Morgan fingerprint density at radius 1 is 1.05 bits per heavy atom. The van der Waals surface area contributed by atoms with Crippen molar-refractivity contribution in [3.63, 3.8) is 0 Å². The number of amides is 1. The number of fused-ring (bicyclic) bond motifs is 1. The van der Waals surface area contributed by atoms with Crippen LogP contribution in [-0.4, -0.2) is 95.4 Å². The van der Waals surface area contributed by atoms with E-state index in [1.807, 2.05) is 44.4 Å². The van der Waals surface area contributed by atoms with Crippen molar-refractivity contribution in [2.45, 2.75) is 31.8 Å². The number of nitrogens with zero attached hydrogens (tertiary/aromatic N) is 5. The maximum Gasteiger partial charge on any atom is 0.248 e. The molecular weight excluding hydrogens is 490 g/mol. The average Bonchev–Trinajstić information content (AvgIpc) is 3.26. The molecule has 1 heterocycles. The Bertz CT molecular complexity index is 1220. The summed E-state index contributed by atoms with van der Waals surface area (Å²) in [6.07, 6.45) is 1.86. The van der Waals surface area contributed by atoms with Crippen molar-refractivity contribution in [3.8, 4) is 5.75 Å². The van der Waals surface area contributed by atoms with E-state index >= 15 is 0 Å². The van der Waals surface area contributed by atoms with Crippen molar-refractivity contribution in [1.29, 1.82) is 0 Å². The van der Waals surface area contributed by atoms with Crippen LogP contribution in [0.25, 0.3) is 11.0 Å². The Morgan fingerprint density at radius 3 is 2.41 bits per heavy atom. The number of hydrogen-bond donors (Lipinski definition) is 0. The molecule has 0 aliphatic heterocycles. The zero-order valence-electron chi connectivity index (χ0n) is 23.0. The van der Waals surface area contributed by atoms with Crippen molar-refractivity contribution in [1.82, 2.24) is 23.7 Å². The molecule has 0 radical (unpaired) electrons. The van der Waals surface area contributed by atoms with Crippen molar-refractivity contribution in [2.75, 3.05) is 61.6 Å². The summed E-state index contributed by atoms with van der Waals surface area (Å²) < 4.78 is 27.8. The number of aryl methyl sites for hydroxylation is 2. The molecule has 0 spiro atoms. The van der Waals surface area contributed by atoms with E-state index in [0.717, 1.165) is 51.5 Å². The molecule has 3 rings (SSSR count). The van der Waals surface area contributed by atoms with Crippen LogP contribution in [0, 0.1) is 13.8 Å². The summed E-state index contributed by atoms with van der Waals surface area (Å²) in [6, 6.07) is 9.89. The Hall–Kier alpha value is -2.79. The van der Waals surface area contributed by atoms with Gasteiger partial charge in [-0.25, -0.2) is 13.5 Å². The van der Waals surface area contributed by atoms with Gasteiger partial charge in [-0.15, -0.1) is 0 Å². The Kier molecular flexibility index (Phi) is 10.2. The molecule has 0 fully saturated rings. The topological polar surface area (TPSA) is 80.1 Å². The van der Waals surface area contributed by atoms with Gasteiger partial charge in [0.1, 0.15) is 23.3 Å². The lowest BCUT2D eigenvalue weighted by atomic mass is 10.1. The minimum atomic E-state index is -1.33. The van der Waals surface area contributed by atoms with Crippen LogP contribution in [-0.2, 0) is 33.6 Å². The molecule has 2 aromatic carbocycles. The Balaban J connectivity index is 1.46. The van der Waals surface area contributed by atoms with E-state index in [4.69, 9.17) is 9.47 Å². The largest absolute Gasteiger partial charge is 0.497 e. The fourth-order valence-corrected chi connectivity index (χ4v) is 5.28. The minimum absolute atomic E-state index is 0.0288. The summed E-state index contributed by atoms with van der Waals surface area (Å²) in [5, 5.41) is 0. The zero-order chi connectivity index (χ0) is 27.1. The predicted molar refractivity (Wildman–Crippen MR) is 147 cm³/mol. The van der Waals surface area contributed by atoms with Gasteiger partial charge in [-0.2, -0.15) is 0 Å². The van der Waals surface area contributed by atoms with E-state index in [9.17, 15) is 9.00 Å². The highest BCUT2D eigenvalue weighted by atomic mass is 32.2. The lowest BCUT2D eigenvalue weighted by molar-refractivity contribution is -0.135. The van der Waals surface area contributed by atoms with Crippen LogP contribution in [0.3, 0.4) is 0 Å². The molecule has 1 unspecified atom stereocenters. The van der Waals surface area contributed by atoms with Crippen LogP contribution in [0.15, 0.2) is 41.6 Å². The van der Waals surface area contributed by atoms with E-state index < -0.39 is 11.0 Å². The molecular formula is C27H39N5O4S. The highest BCUT2D eigenvalue weighted by Gasteiger charge is 2.17. The van der Waals surface area contributed by atoms with Gasteiger partial charge in [0.2, 0.25) is 5.91 Å². The SMILES string of the molecule is COc1cc(C)c(S(=O)N(C)CCOCC(=O)N(C)Cc2ccc3c(c2)ncn3CCN(C)C)c(C)c1. The van der Waals surface area contributed by atoms with Gasteiger partial charge in [0.15, 0.2) is 0 Å². The molecule has 1 aromatic heterocycles. The number of imidazole rings is 1. The Morgan fingerprint density at radius 2 is 1.76 bits per heavy atom. The van der Waals surface area contributed by atoms with E-state index in [1.54, 1.807) is 30.4 Å². The van der Waals surface area contributed by atoms with Gasteiger partial charge in [-0.1, -0.05) is 6.07 Å². The third-order valence-corrected chi connectivity index (χ3v) is 7.96. The Labute approximate surface area is 222 Å². The summed E-state index contributed by atoms with van der Waals surface area (Å²) in [4.78, 5) is 21.7. The van der Waals surface area contributed by atoms with Crippen molar-refractivity contribution >= 4 is 27.9 Å². The van der Waals surface area contributed by atoms with Crippen LogP contribution >= 0.6 is 0 Å². The lowest BCUT2D eigenvalue weighted by Crippen LogP contribution is -2.32. The van der Waals surface area contributed by atoms with Crippen molar-refractivity contribution in [3.05, 3.63) is 53.3 Å². The smallest absolute Gasteiger partial charge is 0.248 e. The molecule has 0 aliphatic rings. The van der Waals surface area contributed by atoms with Gasteiger partial charge >= 0.3 is 0 Å². The zero-order valence-corrected chi connectivity index (χ0v) is 23.8. The molecule has 3 aromatic rings. The first-order valence-electron chi connectivity index (χ1n) is 12.3. The fourth-order valence-electron chi connectivity index (χ4n) is 4.06. The molecule has 9 nitrogen and oxygen atoms in total. The molecule has 1 atom stereocenters. The summed E-state index contributed by atoms with van der Waals surface area (Å²) in [7, 11) is 7.94. The molecule has 0 bridgehead atoms. The molecule has 0 aliphatic carbocycles. The highest BCUT2D eigenvalue weighted by Crippen LogP contribution is 2.25. The number of benzene rings is 2. The fraction of sp³-hybridized carbons (Fsp3) is 0.481. The number of likely N-dealkylation sites (N-methyl/N-ethyl adjacent to an activating group) is 3. The van der Waals surface area contributed by atoms with Crippen molar-refractivity contribution in [2.24, 2.45) is 0 Å². The monoisotopic (exact) mass is 529 g/mol. The summed E-state index contributed by atoms with van der Waals surface area (Å²) in [5.41, 5.74) is 4.86. The second-order valence-electron chi connectivity index (χ2n) is 9.56. The van der Waals surface area contributed by atoms with Crippen LogP contribution < -0.4 is 4.74 Å².